The van der Waals surface area contributed by atoms with Gasteiger partial charge in [-0.05, 0) is 54.1 Å². The van der Waals surface area contributed by atoms with Crippen molar-refractivity contribution in [2.24, 2.45) is 5.10 Å². The first-order chi connectivity index (χ1) is 16.4. The fourth-order valence-corrected chi connectivity index (χ4v) is 2.75. The molecule has 0 aliphatic rings. The van der Waals surface area contributed by atoms with Crippen LogP contribution in [0.15, 0.2) is 71.8 Å². The molecule has 11 heteroatoms. The van der Waals surface area contributed by atoms with E-state index < -0.39 is 22.6 Å². The number of ether oxygens (including phenoxy) is 2. The fourth-order valence-electron chi connectivity index (χ4n) is 2.75. The number of hydrazone groups is 1. The van der Waals surface area contributed by atoms with Crippen LogP contribution in [0.2, 0.25) is 0 Å². The van der Waals surface area contributed by atoms with Crippen molar-refractivity contribution in [1.82, 2.24) is 5.43 Å². The van der Waals surface area contributed by atoms with Crippen LogP contribution < -0.4 is 20.2 Å². The summed E-state index contributed by atoms with van der Waals surface area (Å²) >= 11 is 0. The highest BCUT2D eigenvalue weighted by Gasteiger charge is 2.11. The summed E-state index contributed by atoms with van der Waals surface area (Å²) in [5, 5.41) is 17.3. The van der Waals surface area contributed by atoms with E-state index in [1.54, 1.807) is 18.2 Å². The number of nitro benzene ring substituents is 1. The molecule has 0 spiro atoms. The van der Waals surface area contributed by atoms with Gasteiger partial charge < -0.3 is 14.8 Å². The molecule has 3 aromatic carbocycles. The SMILES string of the molecule is COc1cc(C=NNC(=O)c2cccc([N+](=O)[O-])c2)ccc1OCC(=O)Nc1ccc(F)cc1. The maximum absolute atomic E-state index is 12.9. The molecule has 0 unspecified atom stereocenters. The number of nitro groups is 1. The van der Waals surface area contributed by atoms with Crippen LogP contribution in [-0.2, 0) is 4.79 Å². The minimum Gasteiger partial charge on any atom is -0.493 e. The quantitative estimate of drug-likeness (QED) is 0.282. The third-order valence-electron chi connectivity index (χ3n) is 4.37. The van der Waals surface area contributed by atoms with E-state index in [1.165, 1.54) is 55.8 Å². The van der Waals surface area contributed by atoms with Crippen molar-refractivity contribution in [1.29, 1.82) is 0 Å². The molecule has 174 valence electrons. The van der Waals surface area contributed by atoms with Crippen LogP contribution in [0.4, 0.5) is 15.8 Å². The number of methoxy groups -OCH3 is 1. The second-order valence-electron chi connectivity index (χ2n) is 6.76. The van der Waals surface area contributed by atoms with Crippen molar-refractivity contribution in [2.75, 3.05) is 19.0 Å². The molecule has 0 fully saturated rings. The molecule has 10 nitrogen and oxygen atoms in total. The van der Waals surface area contributed by atoms with Crippen molar-refractivity contribution < 1.29 is 28.4 Å². The van der Waals surface area contributed by atoms with E-state index in [4.69, 9.17) is 9.47 Å². The molecule has 2 amide bonds. The van der Waals surface area contributed by atoms with E-state index in [0.29, 0.717) is 22.7 Å². The van der Waals surface area contributed by atoms with Gasteiger partial charge >= 0.3 is 0 Å². The predicted octanol–water partition coefficient (Wildman–Crippen LogP) is 3.52. The number of nitrogens with zero attached hydrogens (tertiary/aromatic N) is 2. The Morgan fingerprint density at radius 2 is 1.85 bits per heavy atom. The summed E-state index contributed by atoms with van der Waals surface area (Å²) in [6, 6.07) is 15.3. The highest BCUT2D eigenvalue weighted by atomic mass is 19.1. The summed E-state index contributed by atoms with van der Waals surface area (Å²) < 4.78 is 23.7. The summed E-state index contributed by atoms with van der Waals surface area (Å²) in [5.41, 5.74) is 3.16. The van der Waals surface area contributed by atoms with Gasteiger partial charge in [-0.15, -0.1) is 0 Å². The van der Waals surface area contributed by atoms with Crippen molar-refractivity contribution in [3.05, 3.63) is 93.8 Å². The Balaban J connectivity index is 1.57. The van der Waals surface area contributed by atoms with Gasteiger partial charge in [0.2, 0.25) is 0 Å². The first-order valence-corrected chi connectivity index (χ1v) is 9.80. The zero-order chi connectivity index (χ0) is 24.5. The molecular formula is C23H19FN4O6. The third kappa shape index (κ3) is 6.60. The minimum absolute atomic E-state index is 0.0894. The highest BCUT2D eigenvalue weighted by molar-refractivity contribution is 5.95. The number of anilines is 1. The summed E-state index contributed by atoms with van der Waals surface area (Å²) in [6.07, 6.45) is 1.35. The molecule has 3 aromatic rings. The average molecular weight is 466 g/mol. The molecule has 0 aliphatic carbocycles. The molecule has 0 aromatic heterocycles. The molecule has 0 saturated carbocycles. The summed E-state index contributed by atoms with van der Waals surface area (Å²) in [4.78, 5) is 34.4. The Bertz CT molecular complexity index is 1230. The largest absolute Gasteiger partial charge is 0.493 e. The van der Waals surface area contributed by atoms with Crippen LogP contribution in [-0.4, -0.2) is 36.7 Å². The number of benzene rings is 3. The van der Waals surface area contributed by atoms with Gasteiger partial charge in [-0.1, -0.05) is 6.07 Å². The summed E-state index contributed by atoms with van der Waals surface area (Å²) in [6.45, 7) is -0.305. The molecule has 0 atom stereocenters. The van der Waals surface area contributed by atoms with E-state index in [2.05, 4.69) is 15.8 Å². The van der Waals surface area contributed by atoms with Gasteiger partial charge in [0.15, 0.2) is 18.1 Å². The van der Waals surface area contributed by atoms with Gasteiger partial charge in [0.05, 0.1) is 18.2 Å². The number of nitrogens with one attached hydrogen (secondary N) is 2. The van der Waals surface area contributed by atoms with Gasteiger partial charge in [-0.25, -0.2) is 9.82 Å². The molecule has 0 heterocycles. The van der Waals surface area contributed by atoms with E-state index in [9.17, 15) is 24.1 Å². The van der Waals surface area contributed by atoms with Crippen molar-refractivity contribution >= 4 is 29.4 Å². The number of halogens is 1. The smallest absolute Gasteiger partial charge is 0.271 e. The van der Waals surface area contributed by atoms with E-state index in [0.717, 1.165) is 6.07 Å². The Morgan fingerprint density at radius 1 is 1.09 bits per heavy atom. The van der Waals surface area contributed by atoms with Crippen LogP contribution in [0.25, 0.3) is 0 Å². The summed E-state index contributed by atoms with van der Waals surface area (Å²) in [7, 11) is 1.42. The number of rotatable bonds is 9. The lowest BCUT2D eigenvalue weighted by Crippen LogP contribution is -2.20. The van der Waals surface area contributed by atoms with E-state index >= 15 is 0 Å². The Kier molecular flexibility index (Phi) is 7.84. The number of hydrogen-bond donors (Lipinski definition) is 2. The average Bonchev–Trinajstić information content (AvgIpc) is 2.84. The third-order valence-corrected chi connectivity index (χ3v) is 4.37. The van der Waals surface area contributed by atoms with Crippen molar-refractivity contribution in [3.63, 3.8) is 0 Å². The molecule has 0 aliphatic heterocycles. The second kappa shape index (κ2) is 11.2. The number of non-ortho nitro benzene ring substituents is 1. The maximum Gasteiger partial charge on any atom is 0.271 e. The lowest BCUT2D eigenvalue weighted by molar-refractivity contribution is -0.384. The van der Waals surface area contributed by atoms with Crippen LogP contribution >= 0.6 is 0 Å². The van der Waals surface area contributed by atoms with Crippen molar-refractivity contribution in [2.45, 2.75) is 0 Å². The molecule has 0 saturated heterocycles. The zero-order valence-electron chi connectivity index (χ0n) is 17.9. The van der Waals surface area contributed by atoms with Crippen LogP contribution in [0.5, 0.6) is 11.5 Å². The van der Waals surface area contributed by atoms with Gasteiger partial charge in [0.25, 0.3) is 17.5 Å². The van der Waals surface area contributed by atoms with Crippen LogP contribution in [0.1, 0.15) is 15.9 Å². The monoisotopic (exact) mass is 466 g/mol. The molecule has 3 rings (SSSR count). The molecule has 0 bridgehead atoms. The molecule has 34 heavy (non-hydrogen) atoms. The molecule has 2 N–H and O–H groups in total. The maximum atomic E-state index is 12.9. The van der Waals surface area contributed by atoms with Gasteiger partial charge in [0, 0.05) is 23.4 Å². The zero-order valence-corrected chi connectivity index (χ0v) is 17.9. The minimum atomic E-state index is -0.612. The standard InChI is InChI=1S/C23H19FN4O6/c1-33-21-11-15(13-25-27-23(30)16-3-2-4-19(12-16)28(31)32)5-10-20(21)34-14-22(29)26-18-8-6-17(24)7-9-18/h2-13H,14H2,1H3,(H,26,29)(H,27,30). The number of amides is 2. The van der Waals surface area contributed by atoms with E-state index in [1.807, 2.05) is 0 Å². The lowest BCUT2D eigenvalue weighted by Gasteiger charge is -2.11. The number of hydrogen-bond acceptors (Lipinski definition) is 7. The Hall–Kier alpha value is -4.80. The molecule has 0 radical (unpaired) electrons. The number of carbonyl (C=O) groups excluding carboxylic acids is 2. The van der Waals surface area contributed by atoms with Gasteiger partial charge in [-0.3, -0.25) is 19.7 Å². The summed E-state index contributed by atoms with van der Waals surface area (Å²) in [5.74, 6) is -0.841. The lowest BCUT2D eigenvalue weighted by atomic mass is 10.2. The predicted molar refractivity (Wildman–Crippen MR) is 122 cm³/mol. The first-order valence-electron chi connectivity index (χ1n) is 9.80. The highest BCUT2D eigenvalue weighted by Crippen LogP contribution is 2.27. The Morgan fingerprint density at radius 3 is 2.56 bits per heavy atom. The van der Waals surface area contributed by atoms with Gasteiger partial charge in [-0.2, -0.15) is 5.10 Å². The van der Waals surface area contributed by atoms with E-state index in [-0.39, 0.29) is 17.9 Å². The van der Waals surface area contributed by atoms with Gasteiger partial charge in [0.1, 0.15) is 5.82 Å². The fraction of sp³-hybridized carbons (Fsp3) is 0.0870. The Labute approximate surface area is 193 Å². The van der Waals surface area contributed by atoms with Crippen molar-refractivity contribution in [3.8, 4) is 11.5 Å². The van der Waals surface area contributed by atoms with Crippen LogP contribution in [0.3, 0.4) is 0 Å². The normalized spacial score (nSPS) is 10.5. The second-order valence-corrected chi connectivity index (χ2v) is 6.76. The molecular weight excluding hydrogens is 447 g/mol. The van der Waals surface area contributed by atoms with Crippen LogP contribution in [0, 0.1) is 15.9 Å². The topological polar surface area (TPSA) is 132 Å². The number of carbonyl (C=O) groups is 2. The first kappa shape index (κ1) is 23.9.